The number of ether oxygens (including phenoxy) is 6. The van der Waals surface area contributed by atoms with Crippen LogP contribution in [-0.2, 0) is 28.4 Å². The molecule has 0 spiro atoms. The van der Waals surface area contributed by atoms with Gasteiger partial charge >= 0.3 is 0 Å². The van der Waals surface area contributed by atoms with Crippen molar-refractivity contribution in [3.63, 3.8) is 0 Å². The van der Waals surface area contributed by atoms with Gasteiger partial charge in [-0.15, -0.1) is 0 Å². The van der Waals surface area contributed by atoms with Gasteiger partial charge in [0, 0.05) is 13.8 Å². The third kappa shape index (κ3) is 4.98. The van der Waals surface area contributed by atoms with Crippen LogP contribution in [0.3, 0.4) is 0 Å². The van der Waals surface area contributed by atoms with Gasteiger partial charge in [0.2, 0.25) is 0 Å². The molecule has 0 atom stereocenters. The number of rotatable bonds is 6. The Morgan fingerprint density at radius 2 is 1.11 bits per heavy atom. The molecule has 2 aliphatic rings. The van der Waals surface area contributed by atoms with Crippen molar-refractivity contribution < 1.29 is 28.4 Å². The van der Waals surface area contributed by atoms with Gasteiger partial charge in [0.05, 0.1) is 39.6 Å². The van der Waals surface area contributed by atoms with E-state index in [1.54, 1.807) is 13.8 Å². The fraction of sp³-hybridized carbons (Fsp3) is 1.00. The lowest BCUT2D eigenvalue weighted by atomic mass is 10.4. The van der Waals surface area contributed by atoms with Crippen molar-refractivity contribution in [3.05, 3.63) is 0 Å². The predicted octanol–water partition coefficient (Wildman–Crippen LogP) is 1.63. The monoisotopic (exact) mass is 276 g/mol. The van der Waals surface area contributed by atoms with E-state index in [4.69, 9.17) is 28.4 Å². The summed E-state index contributed by atoms with van der Waals surface area (Å²) in [5.74, 6) is -1.81. The maximum Gasteiger partial charge on any atom is 0.279 e. The Morgan fingerprint density at radius 3 is 1.47 bits per heavy atom. The second-order valence-corrected chi connectivity index (χ2v) is 4.88. The minimum atomic E-state index is -0.903. The highest BCUT2D eigenvalue weighted by Gasteiger charge is 2.31. The molecular weight excluding hydrogens is 252 g/mol. The largest absolute Gasteiger partial charge is 0.328 e. The first-order chi connectivity index (χ1) is 9.12. The van der Waals surface area contributed by atoms with Crippen molar-refractivity contribution in [2.75, 3.05) is 39.6 Å². The average molecular weight is 276 g/mol. The first kappa shape index (κ1) is 15.2. The second-order valence-electron chi connectivity index (χ2n) is 4.88. The molecule has 2 aliphatic heterocycles. The predicted molar refractivity (Wildman–Crippen MR) is 66.4 cm³/mol. The zero-order valence-corrected chi connectivity index (χ0v) is 11.8. The molecule has 0 aliphatic carbocycles. The molecule has 2 heterocycles. The van der Waals surface area contributed by atoms with Crippen LogP contribution in [0.25, 0.3) is 0 Å². The first-order valence-corrected chi connectivity index (χ1v) is 6.96. The molecule has 2 rings (SSSR count). The molecule has 2 fully saturated rings. The van der Waals surface area contributed by atoms with Crippen molar-refractivity contribution in [2.24, 2.45) is 0 Å². The summed E-state index contributed by atoms with van der Waals surface area (Å²) < 4.78 is 33.0. The zero-order valence-electron chi connectivity index (χ0n) is 11.8. The van der Waals surface area contributed by atoms with Crippen molar-refractivity contribution in [1.29, 1.82) is 0 Å². The second kappa shape index (κ2) is 6.97. The molecule has 0 amide bonds. The third-order valence-electron chi connectivity index (χ3n) is 3.05. The van der Waals surface area contributed by atoms with Crippen LogP contribution in [0.5, 0.6) is 0 Å². The maximum atomic E-state index is 5.59. The maximum absolute atomic E-state index is 5.59. The minimum Gasteiger partial charge on any atom is -0.328 e. The summed E-state index contributed by atoms with van der Waals surface area (Å²) in [6.45, 7) is 7.29. The molecule has 19 heavy (non-hydrogen) atoms. The van der Waals surface area contributed by atoms with E-state index in [1.807, 2.05) is 0 Å². The van der Waals surface area contributed by atoms with E-state index in [2.05, 4.69) is 0 Å². The highest BCUT2D eigenvalue weighted by molar-refractivity contribution is 4.57. The van der Waals surface area contributed by atoms with Crippen LogP contribution in [-0.4, -0.2) is 51.6 Å². The van der Waals surface area contributed by atoms with Gasteiger partial charge < -0.3 is 28.4 Å². The summed E-state index contributed by atoms with van der Waals surface area (Å²) in [5, 5.41) is 0. The van der Waals surface area contributed by atoms with E-state index in [-0.39, 0.29) is 0 Å². The van der Waals surface area contributed by atoms with E-state index in [0.717, 1.165) is 19.3 Å². The SMILES string of the molecule is CC1(OCCCOC2(C)OCCCO2)OCCCO1. The van der Waals surface area contributed by atoms with Gasteiger partial charge in [0.25, 0.3) is 11.9 Å². The first-order valence-electron chi connectivity index (χ1n) is 6.96. The highest BCUT2D eigenvalue weighted by Crippen LogP contribution is 2.21. The molecule has 112 valence electrons. The minimum absolute atomic E-state index is 0.507. The van der Waals surface area contributed by atoms with Crippen LogP contribution in [0, 0.1) is 0 Å². The van der Waals surface area contributed by atoms with Crippen LogP contribution >= 0.6 is 0 Å². The molecule has 0 bridgehead atoms. The molecular formula is C13H24O6. The van der Waals surface area contributed by atoms with E-state index < -0.39 is 11.9 Å². The molecule has 0 aromatic rings. The Hall–Kier alpha value is -0.240. The summed E-state index contributed by atoms with van der Waals surface area (Å²) in [7, 11) is 0. The summed E-state index contributed by atoms with van der Waals surface area (Å²) >= 11 is 0. The average Bonchev–Trinajstić information content (AvgIpc) is 2.40. The Labute approximate surface area is 114 Å². The summed E-state index contributed by atoms with van der Waals surface area (Å²) in [5.41, 5.74) is 0. The Balaban J connectivity index is 1.56. The Kier molecular flexibility index (Phi) is 5.56. The summed E-state index contributed by atoms with van der Waals surface area (Å²) in [6.07, 6.45) is 2.55. The quantitative estimate of drug-likeness (QED) is 0.687. The molecule has 0 radical (unpaired) electrons. The zero-order chi connectivity index (χ0) is 13.6. The van der Waals surface area contributed by atoms with E-state index >= 15 is 0 Å². The third-order valence-corrected chi connectivity index (χ3v) is 3.05. The standard InChI is InChI=1S/C13H24O6/c1-12(14-6-3-7-15-12)18-10-5-11-19-13(2)16-8-4-9-17-13/h3-11H2,1-2H3. The van der Waals surface area contributed by atoms with E-state index in [1.165, 1.54) is 0 Å². The Bertz CT molecular complexity index is 232. The molecule has 0 N–H and O–H groups in total. The lowest BCUT2D eigenvalue weighted by Crippen LogP contribution is -2.41. The molecule has 0 saturated carbocycles. The van der Waals surface area contributed by atoms with Crippen molar-refractivity contribution in [1.82, 2.24) is 0 Å². The summed E-state index contributed by atoms with van der Waals surface area (Å²) in [4.78, 5) is 0. The highest BCUT2D eigenvalue weighted by atomic mass is 16.9. The van der Waals surface area contributed by atoms with Gasteiger partial charge in [0.15, 0.2) is 0 Å². The lowest BCUT2D eigenvalue weighted by molar-refractivity contribution is -0.396. The lowest BCUT2D eigenvalue weighted by Gasteiger charge is -2.34. The molecule has 0 aromatic heterocycles. The van der Waals surface area contributed by atoms with Crippen LogP contribution in [0.2, 0.25) is 0 Å². The van der Waals surface area contributed by atoms with Crippen LogP contribution in [0.4, 0.5) is 0 Å². The van der Waals surface area contributed by atoms with Gasteiger partial charge in [-0.2, -0.15) is 0 Å². The molecule has 6 heteroatoms. The van der Waals surface area contributed by atoms with Gasteiger partial charge in [-0.25, -0.2) is 0 Å². The molecule has 6 nitrogen and oxygen atoms in total. The van der Waals surface area contributed by atoms with Crippen molar-refractivity contribution >= 4 is 0 Å². The summed E-state index contributed by atoms with van der Waals surface area (Å²) in [6, 6.07) is 0. The number of hydrogen-bond acceptors (Lipinski definition) is 6. The van der Waals surface area contributed by atoms with E-state index in [0.29, 0.717) is 39.6 Å². The Morgan fingerprint density at radius 1 is 0.737 bits per heavy atom. The molecule has 0 unspecified atom stereocenters. The van der Waals surface area contributed by atoms with Crippen LogP contribution in [0.15, 0.2) is 0 Å². The molecule has 0 aromatic carbocycles. The normalized spacial score (nSPS) is 26.2. The van der Waals surface area contributed by atoms with E-state index in [9.17, 15) is 0 Å². The molecule has 2 saturated heterocycles. The van der Waals surface area contributed by atoms with Crippen LogP contribution < -0.4 is 0 Å². The number of hydrogen-bond donors (Lipinski definition) is 0. The fourth-order valence-corrected chi connectivity index (χ4v) is 1.97. The van der Waals surface area contributed by atoms with Gasteiger partial charge in [0.1, 0.15) is 0 Å². The topological polar surface area (TPSA) is 55.4 Å². The van der Waals surface area contributed by atoms with Crippen molar-refractivity contribution in [2.45, 2.75) is 45.1 Å². The van der Waals surface area contributed by atoms with Crippen molar-refractivity contribution in [3.8, 4) is 0 Å². The van der Waals surface area contributed by atoms with Gasteiger partial charge in [-0.3, -0.25) is 0 Å². The fourth-order valence-electron chi connectivity index (χ4n) is 1.97. The van der Waals surface area contributed by atoms with Gasteiger partial charge in [-0.1, -0.05) is 0 Å². The van der Waals surface area contributed by atoms with Crippen LogP contribution in [0.1, 0.15) is 33.1 Å². The smallest absolute Gasteiger partial charge is 0.279 e. The van der Waals surface area contributed by atoms with Gasteiger partial charge in [-0.05, 0) is 19.3 Å².